The molecule has 0 aliphatic heterocycles. The zero-order chi connectivity index (χ0) is 11.4. The first-order valence-electron chi connectivity index (χ1n) is 5.31. The topological polar surface area (TPSA) is 17.1 Å². The monoisotopic (exact) mass is 209 g/mol. The van der Waals surface area contributed by atoms with Gasteiger partial charge in [0, 0.05) is 6.42 Å². The average molecular weight is 209 g/mol. The zero-order valence-electron chi connectivity index (χ0n) is 9.23. The minimum atomic E-state index is 0.194. The Morgan fingerprint density at radius 3 is 2.44 bits per heavy atom. The molecule has 0 aromatic heterocycles. The van der Waals surface area contributed by atoms with Gasteiger partial charge in [-0.05, 0) is 29.7 Å². The van der Waals surface area contributed by atoms with Crippen molar-refractivity contribution in [2.75, 3.05) is 0 Å². The van der Waals surface area contributed by atoms with Gasteiger partial charge in [-0.25, -0.2) is 0 Å². The summed E-state index contributed by atoms with van der Waals surface area (Å²) in [6.07, 6.45) is 0.513. The van der Waals surface area contributed by atoms with Gasteiger partial charge >= 0.3 is 0 Å². The highest BCUT2D eigenvalue weighted by Crippen LogP contribution is 2.18. The van der Waals surface area contributed by atoms with E-state index in [-0.39, 0.29) is 5.78 Å². The molecule has 16 heavy (non-hydrogen) atoms. The number of rotatable bonds is 3. The van der Waals surface area contributed by atoms with Gasteiger partial charge in [-0.3, -0.25) is 4.79 Å². The number of carbonyl (C=O) groups is 1. The molecule has 0 aliphatic carbocycles. The first-order chi connectivity index (χ1) is 7.75. The third-order valence-corrected chi connectivity index (χ3v) is 2.43. The quantitative estimate of drug-likeness (QED) is 0.758. The minimum absolute atomic E-state index is 0.194. The van der Waals surface area contributed by atoms with Crippen LogP contribution in [0.5, 0.6) is 0 Å². The van der Waals surface area contributed by atoms with Crippen molar-refractivity contribution in [2.45, 2.75) is 13.3 Å². The van der Waals surface area contributed by atoms with E-state index in [1.54, 1.807) is 6.92 Å². The summed E-state index contributed by atoms with van der Waals surface area (Å²) < 4.78 is 0. The highest BCUT2D eigenvalue weighted by molar-refractivity contribution is 5.78. The predicted octanol–water partition coefficient (Wildman–Crippen LogP) is 3.29. The summed E-state index contributed by atoms with van der Waals surface area (Å²) in [6.45, 7) is 1.61. The second-order valence-electron chi connectivity index (χ2n) is 3.85. The Morgan fingerprint density at radius 1 is 1.12 bits per heavy atom. The van der Waals surface area contributed by atoms with E-state index in [0.717, 1.165) is 16.7 Å². The number of ketones is 1. The van der Waals surface area contributed by atoms with E-state index in [1.165, 1.54) is 0 Å². The lowest BCUT2D eigenvalue weighted by Crippen LogP contribution is -1.95. The van der Waals surface area contributed by atoms with Crippen LogP contribution in [-0.4, -0.2) is 5.78 Å². The third kappa shape index (κ3) is 2.57. The standard InChI is InChI=1S/C15H13O/c1-12(16)11-13-7-9-15(10-8-13)14-5-3-2-4-6-14/h2-5,7-10H,11H2,1H3. The van der Waals surface area contributed by atoms with Crippen molar-refractivity contribution in [3.8, 4) is 11.1 Å². The van der Waals surface area contributed by atoms with Crippen LogP contribution in [0.25, 0.3) is 11.1 Å². The lowest BCUT2D eigenvalue weighted by atomic mass is 10.0. The van der Waals surface area contributed by atoms with Gasteiger partial charge in [-0.15, -0.1) is 0 Å². The summed E-state index contributed by atoms with van der Waals surface area (Å²) in [6, 6.07) is 19.1. The second-order valence-corrected chi connectivity index (χ2v) is 3.85. The van der Waals surface area contributed by atoms with Crippen LogP contribution in [0.4, 0.5) is 0 Å². The Bertz CT molecular complexity index is 469. The third-order valence-electron chi connectivity index (χ3n) is 2.43. The molecule has 0 fully saturated rings. The van der Waals surface area contributed by atoms with Crippen molar-refractivity contribution < 1.29 is 4.79 Å². The molecule has 1 heteroatoms. The predicted molar refractivity (Wildman–Crippen MR) is 65.1 cm³/mol. The first-order valence-corrected chi connectivity index (χ1v) is 5.31. The van der Waals surface area contributed by atoms with Gasteiger partial charge in [-0.2, -0.15) is 0 Å². The molecule has 0 unspecified atom stereocenters. The molecule has 0 heterocycles. The van der Waals surface area contributed by atoms with Crippen LogP contribution in [0.3, 0.4) is 0 Å². The van der Waals surface area contributed by atoms with Gasteiger partial charge in [0.25, 0.3) is 0 Å². The molecular formula is C15H13O. The molecular weight excluding hydrogens is 196 g/mol. The highest BCUT2D eigenvalue weighted by Gasteiger charge is 1.99. The fourth-order valence-corrected chi connectivity index (χ4v) is 1.66. The second kappa shape index (κ2) is 4.75. The van der Waals surface area contributed by atoms with Gasteiger partial charge in [0.1, 0.15) is 5.78 Å². The van der Waals surface area contributed by atoms with E-state index in [4.69, 9.17) is 0 Å². The van der Waals surface area contributed by atoms with E-state index in [2.05, 4.69) is 6.07 Å². The van der Waals surface area contributed by atoms with Gasteiger partial charge in [0.05, 0.1) is 0 Å². The van der Waals surface area contributed by atoms with Crippen LogP contribution in [0.15, 0.2) is 48.5 Å². The van der Waals surface area contributed by atoms with Crippen molar-refractivity contribution >= 4 is 5.78 Å². The van der Waals surface area contributed by atoms with Crippen LogP contribution in [0.2, 0.25) is 0 Å². The number of Topliss-reactive ketones (excluding diaryl/α,β-unsaturated/α-hetero) is 1. The molecule has 1 radical (unpaired) electrons. The maximum absolute atomic E-state index is 11.0. The van der Waals surface area contributed by atoms with E-state index in [0.29, 0.717) is 6.42 Å². The Balaban J connectivity index is 2.23. The van der Waals surface area contributed by atoms with Crippen molar-refractivity contribution in [1.82, 2.24) is 0 Å². The van der Waals surface area contributed by atoms with Crippen molar-refractivity contribution in [1.29, 1.82) is 0 Å². The zero-order valence-corrected chi connectivity index (χ0v) is 9.23. The molecule has 0 aliphatic rings. The van der Waals surface area contributed by atoms with Crippen LogP contribution in [0, 0.1) is 6.07 Å². The highest BCUT2D eigenvalue weighted by atomic mass is 16.1. The van der Waals surface area contributed by atoms with E-state index in [9.17, 15) is 4.79 Å². The molecule has 79 valence electrons. The maximum atomic E-state index is 11.0. The molecule has 0 bridgehead atoms. The molecule has 0 amide bonds. The molecule has 0 saturated carbocycles. The number of hydrogen-bond acceptors (Lipinski definition) is 1. The van der Waals surface area contributed by atoms with Gasteiger partial charge in [0.2, 0.25) is 0 Å². The van der Waals surface area contributed by atoms with Gasteiger partial charge in [-0.1, -0.05) is 48.5 Å². The number of carbonyl (C=O) groups excluding carboxylic acids is 1. The van der Waals surface area contributed by atoms with Crippen LogP contribution >= 0.6 is 0 Å². The Hall–Kier alpha value is -1.89. The largest absolute Gasteiger partial charge is 0.300 e. The fourth-order valence-electron chi connectivity index (χ4n) is 1.66. The lowest BCUT2D eigenvalue weighted by Gasteiger charge is -2.02. The molecule has 0 N–H and O–H groups in total. The summed E-state index contributed by atoms with van der Waals surface area (Å²) in [7, 11) is 0. The smallest absolute Gasteiger partial charge is 0.134 e. The SMILES string of the molecule is CC(=O)Cc1ccc(-c2[c]cccc2)cc1. The normalized spacial score (nSPS) is 10.1. The molecule has 0 spiro atoms. The Morgan fingerprint density at radius 2 is 1.88 bits per heavy atom. The summed E-state index contributed by atoms with van der Waals surface area (Å²) in [5.74, 6) is 0.194. The van der Waals surface area contributed by atoms with Gasteiger partial charge in [0.15, 0.2) is 0 Å². The van der Waals surface area contributed by atoms with E-state index < -0.39 is 0 Å². The number of benzene rings is 2. The molecule has 0 saturated heterocycles. The fraction of sp³-hybridized carbons (Fsp3) is 0.133. The summed E-state index contributed by atoms with van der Waals surface area (Å²) in [5, 5.41) is 0. The van der Waals surface area contributed by atoms with E-state index >= 15 is 0 Å². The Labute approximate surface area is 95.7 Å². The van der Waals surface area contributed by atoms with Gasteiger partial charge < -0.3 is 0 Å². The van der Waals surface area contributed by atoms with Crippen LogP contribution in [0.1, 0.15) is 12.5 Å². The molecule has 0 atom stereocenters. The minimum Gasteiger partial charge on any atom is -0.300 e. The molecule has 2 aromatic carbocycles. The summed E-state index contributed by atoms with van der Waals surface area (Å²) in [5.41, 5.74) is 3.27. The summed E-state index contributed by atoms with van der Waals surface area (Å²) >= 11 is 0. The number of hydrogen-bond donors (Lipinski definition) is 0. The lowest BCUT2D eigenvalue weighted by molar-refractivity contribution is -0.116. The van der Waals surface area contributed by atoms with Crippen molar-refractivity contribution in [3.63, 3.8) is 0 Å². The molecule has 1 nitrogen and oxygen atoms in total. The van der Waals surface area contributed by atoms with Crippen molar-refractivity contribution in [3.05, 3.63) is 60.2 Å². The average Bonchev–Trinajstić information content (AvgIpc) is 2.30. The first kappa shape index (κ1) is 10.6. The maximum Gasteiger partial charge on any atom is 0.134 e. The Kier molecular flexibility index (Phi) is 3.16. The van der Waals surface area contributed by atoms with Crippen LogP contribution < -0.4 is 0 Å². The van der Waals surface area contributed by atoms with Crippen LogP contribution in [-0.2, 0) is 11.2 Å². The van der Waals surface area contributed by atoms with E-state index in [1.807, 2.05) is 48.5 Å². The molecule has 2 aromatic rings. The molecule has 2 rings (SSSR count). The van der Waals surface area contributed by atoms with Crippen molar-refractivity contribution in [2.24, 2.45) is 0 Å². The summed E-state index contributed by atoms with van der Waals surface area (Å²) in [4.78, 5) is 11.0.